The Hall–Kier alpha value is -0.410. The van der Waals surface area contributed by atoms with E-state index in [9.17, 15) is 0 Å². The minimum absolute atomic E-state index is 0.570. The van der Waals surface area contributed by atoms with Gasteiger partial charge in [0, 0.05) is 16.8 Å². The van der Waals surface area contributed by atoms with Crippen molar-refractivity contribution >= 4 is 11.3 Å². The van der Waals surface area contributed by atoms with Crippen molar-refractivity contribution in [3.63, 3.8) is 0 Å². The molecule has 0 spiro atoms. The Balaban J connectivity index is 2.07. The van der Waals surface area contributed by atoms with Crippen LogP contribution < -0.4 is 5.32 Å². The molecule has 0 amide bonds. The lowest BCUT2D eigenvalue weighted by molar-refractivity contribution is 0.360. The fourth-order valence-corrected chi connectivity index (χ4v) is 3.94. The lowest BCUT2D eigenvalue weighted by Gasteiger charge is -2.27. The number of aryl methyl sites for hydroxylation is 1. The van der Waals surface area contributed by atoms with Gasteiger partial charge in [-0.05, 0) is 45.6 Å². The Bertz CT molecular complexity index is 362. The second kappa shape index (κ2) is 5.49. The number of thiazole rings is 1. The van der Waals surface area contributed by atoms with Gasteiger partial charge in [0.2, 0.25) is 0 Å². The summed E-state index contributed by atoms with van der Waals surface area (Å²) >= 11 is 1.95. The summed E-state index contributed by atoms with van der Waals surface area (Å²) in [6, 6.07) is 0.740. The molecule has 1 saturated carbocycles. The van der Waals surface area contributed by atoms with E-state index in [0.29, 0.717) is 5.92 Å². The molecule has 0 unspecified atom stereocenters. The maximum absolute atomic E-state index is 4.73. The highest BCUT2D eigenvalue weighted by Crippen LogP contribution is 2.38. The summed E-state index contributed by atoms with van der Waals surface area (Å²) in [5.74, 6) is 1.34. The number of nitrogens with zero attached hydrogens (tertiary/aromatic N) is 1. The molecule has 2 nitrogen and oxygen atoms in total. The van der Waals surface area contributed by atoms with Crippen molar-refractivity contribution in [2.45, 2.75) is 64.3 Å². The van der Waals surface area contributed by atoms with Gasteiger partial charge in [-0.15, -0.1) is 11.3 Å². The SMILES string of the molecule is CNC1CCC(c2sc(C(C)C)nc2C)CC1. The van der Waals surface area contributed by atoms with Crippen molar-refractivity contribution in [3.8, 4) is 0 Å². The molecule has 1 aliphatic carbocycles. The van der Waals surface area contributed by atoms with Gasteiger partial charge < -0.3 is 5.32 Å². The van der Waals surface area contributed by atoms with E-state index in [2.05, 4.69) is 33.1 Å². The second-order valence-electron chi connectivity index (χ2n) is 5.49. The highest BCUT2D eigenvalue weighted by Gasteiger charge is 2.25. The molecule has 1 aliphatic rings. The smallest absolute Gasteiger partial charge is 0.0956 e. The first-order valence-electron chi connectivity index (χ1n) is 6.76. The van der Waals surface area contributed by atoms with Crippen LogP contribution in [0.2, 0.25) is 0 Å². The molecule has 0 radical (unpaired) electrons. The number of hydrogen-bond acceptors (Lipinski definition) is 3. The van der Waals surface area contributed by atoms with Gasteiger partial charge in [-0.25, -0.2) is 4.98 Å². The Labute approximate surface area is 109 Å². The molecule has 1 heterocycles. The number of rotatable bonds is 3. The summed E-state index contributed by atoms with van der Waals surface area (Å²) in [6.07, 6.45) is 5.28. The minimum Gasteiger partial charge on any atom is -0.317 e. The van der Waals surface area contributed by atoms with Gasteiger partial charge in [0.15, 0.2) is 0 Å². The highest BCUT2D eigenvalue weighted by atomic mass is 32.1. The third-order valence-electron chi connectivity index (χ3n) is 3.85. The van der Waals surface area contributed by atoms with Gasteiger partial charge >= 0.3 is 0 Å². The molecule has 96 valence electrons. The van der Waals surface area contributed by atoms with E-state index >= 15 is 0 Å². The summed E-state index contributed by atoms with van der Waals surface area (Å²) in [5, 5.41) is 4.71. The second-order valence-corrected chi connectivity index (χ2v) is 6.56. The zero-order valence-electron chi connectivity index (χ0n) is 11.4. The molecule has 17 heavy (non-hydrogen) atoms. The predicted molar refractivity (Wildman–Crippen MR) is 75.0 cm³/mol. The van der Waals surface area contributed by atoms with Crippen LogP contribution in [0.4, 0.5) is 0 Å². The molecule has 1 N–H and O–H groups in total. The van der Waals surface area contributed by atoms with Crippen LogP contribution in [0.25, 0.3) is 0 Å². The quantitative estimate of drug-likeness (QED) is 0.884. The molecule has 0 aliphatic heterocycles. The van der Waals surface area contributed by atoms with Crippen LogP contribution in [0, 0.1) is 6.92 Å². The topological polar surface area (TPSA) is 24.9 Å². The number of aromatic nitrogens is 1. The van der Waals surface area contributed by atoms with Crippen molar-refractivity contribution in [2.24, 2.45) is 0 Å². The van der Waals surface area contributed by atoms with Crippen molar-refractivity contribution in [3.05, 3.63) is 15.6 Å². The average Bonchev–Trinajstić information content (AvgIpc) is 2.72. The molecule has 0 aromatic carbocycles. The third-order valence-corrected chi connectivity index (χ3v) is 5.47. The van der Waals surface area contributed by atoms with Crippen LogP contribution in [-0.2, 0) is 0 Å². The maximum atomic E-state index is 4.73. The fraction of sp³-hybridized carbons (Fsp3) is 0.786. The summed E-state index contributed by atoms with van der Waals surface area (Å²) in [5.41, 5.74) is 1.28. The molecular formula is C14H24N2S. The molecule has 2 rings (SSSR count). The van der Waals surface area contributed by atoms with Crippen LogP contribution >= 0.6 is 11.3 Å². The molecule has 3 heteroatoms. The van der Waals surface area contributed by atoms with Crippen LogP contribution in [-0.4, -0.2) is 18.1 Å². The van der Waals surface area contributed by atoms with Gasteiger partial charge in [0.25, 0.3) is 0 Å². The molecular weight excluding hydrogens is 228 g/mol. The lowest BCUT2D eigenvalue weighted by atomic mass is 9.85. The van der Waals surface area contributed by atoms with Crippen molar-refractivity contribution < 1.29 is 0 Å². The van der Waals surface area contributed by atoms with Crippen LogP contribution in [0.1, 0.15) is 66.9 Å². The fourth-order valence-electron chi connectivity index (χ4n) is 2.70. The first-order chi connectivity index (χ1) is 8.11. The van der Waals surface area contributed by atoms with E-state index in [-0.39, 0.29) is 0 Å². The summed E-state index contributed by atoms with van der Waals surface area (Å²) in [7, 11) is 2.08. The van der Waals surface area contributed by atoms with Gasteiger partial charge in [0.1, 0.15) is 0 Å². The maximum Gasteiger partial charge on any atom is 0.0956 e. The van der Waals surface area contributed by atoms with Gasteiger partial charge in [-0.1, -0.05) is 13.8 Å². The highest BCUT2D eigenvalue weighted by molar-refractivity contribution is 7.11. The van der Waals surface area contributed by atoms with E-state index in [0.717, 1.165) is 12.0 Å². The zero-order chi connectivity index (χ0) is 12.4. The van der Waals surface area contributed by atoms with Crippen LogP contribution in [0.5, 0.6) is 0 Å². The van der Waals surface area contributed by atoms with Crippen LogP contribution in [0.3, 0.4) is 0 Å². The number of hydrogen-bond donors (Lipinski definition) is 1. The molecule has 0 bridgehead atoms. The molecule has 0 atom stereocenters. The standard InChI is InChI=1S/C14H24N2S/c1-9(2)14-16-10(3)13(17-14)11-5-7-12(15-4)8-6-11/h9,11-12,15H,5-8H2,1-4H3. The summed E-state index contributed by atoms with van der Waals surface area (Å²) in [6.45, 7) is 6.65. The third kappa shape index (κ3) is 2.89. The van der Waals surface area contributed by atoms with E-state index in [1.807, 2.05) is 11.3 Å². The first-order valence-corrected chi connectivity index (χ1v) is 7.58. The Morgan fingerprint density at radius 1 is 1.24 bits per heavy atom. The van der Waals surface area contributed by atoms with Gasteiger partial charge in [-0.2, -0.15) is 0 Å². The van der Waals surface area contributed by atoms with E-state index in [1.165, 1.54) is 36.4 Å². The molecule has 1 fully saturated rings. The summed E-state index contributed by atoms with van der Waals surface area (Å²) < 4.78 is 0. The molecule has 0 saturated heterocycles. The van der Waals surface area contributed by atoms with Gasteiger partial charge in [-0.3, -0.25) is 0 Å². The Morgan fingerprint density at radius 3 is 2.35 bits per heavy atom. The Morgan fingerprint density at radius 2 is 1.88 bits per heavy atom. The first kappa shape index (κ1) is 13.0. The van der Waals surface area contributed by atoms with Gasteiger partial charge in [0.05, 0.1) is 10.7 Å². The van der Waals surface area contributed by atoms with Crippen molar-refractivity contribution in [2.75, 3.05) is 7.05 Å². The summed E-state index contributed by atoms with van der Waals surface area (Å²) in [4.78, 5) is 6.29. The molecule has 1 aromatic rings. The Kier molecular flexibility index (Phi) is 4.21. The predicted octanol–water partition coefficient (Wildman–Crippen LogP) is 3.82. The van der Waals surface area contributed by atoms with E-state index in [4.69, 9.17) is 4.98 Å². The van der Waals surface area contributed by atoms with E-state index in [1.54, 1.807) is 4.88 Å². The normalized spacial score (nSPS) is 25.5. The average molecular weight is 252 g/mol. The number of nitrogens with one attached hydrogen (secondary N) is 1. The minimum atomic E-state index is 0.570. The zero-order valence-corrected chi connectivity index (χ0v) is 12.2. The van der Waals surface area contributed by atoms with Crippen molar-refractivity contribution in [1.82, 2.24) is 10.3 Å². The monoisotopic (exact) mass is 252 g/mol. The lowest BCUT2D eigenvalue weighted by Crippen LogP contribution is -2.29. The van der Waals surface area contributed by atoms with Crippen molar-refractivity contribution in [1.29, 1.82) is 0 Å². The molecule has 1 aromatic heterocycles. The van der Waals surface area contributed by atoms with Crippen LogP contribution in [0.15, 0.2) is 0 Å². The van der Waals surface area contributed by atoms with E-state index < -0.39 is 0 Å². The largest absolute Gasteiger partial charge is 0.317 e.